The number of rotatable bonds is 4. The van der Waals surface area contributed by atoms with E-state index in [0.29, 0.717) is 0 Å². The topological polar surface area (TPSA) is 49.5 Å². The molecule has 2 atom stereocenters. The van der Waals surface area contributed by atoms with Crippen LogP contribution in [0.5, 0.6) is 0 Å². The normalized spacial score (nSPS) is 27.8. The van der Waals surface area contributed by atoms with Crippen LogP contribution in [0.15, 0.2) is 0 Å². The van der Waals surface area contributed by atoms with Crippen molar-refractivity contribution >= 4 is 0 Å². The van der Waals surface area contributed by atoms with Crippen molar-refractivity contribution in [3.05, 3.63) is 0 Å². The number of hydrogen-bond acceptors (Lipinski definition) is 3. The van der Waals surface area contributed by atoms with Crippen molar-refractivity contribution in [3.8, 4) is 0 Å². The zero-order chi connectivity index (χ0) is 8.97. The molecule has 0 aromatic carbocycles. The summed E-state index contributed by atoms with van der Waals surface area (Å²) in [4.78, 5) is 2.32. The molecule has 3 heteroatoms. The first-order chi connectivity index (χ1) is 5.72. The molecule has 1 aliphatic rings. The monoisotopic (exact) mass is 172 g/mol. The summed E-state index contributed by atoms with van der Waals surface area (Å²) in [5, 5.41) is 9.16. The SMILES string of the molecule is CC(O)CN1CCC(CCN)C1. The van der Waals surface area contributed by atoms with Gasteiger partial charge in [-0.1, -0.05) is 0 Å². The lowest BCUT2D eigenvalue weighted by molar-refractivity contribution is 0.138. The van der Waals surface area contributed by atoms with Crippen LogP contribution >= 0.6 is 0 Å². The van der Waals surface area contributed by atoms with Crippen LogP contribution in [0.25, 0.3) is 0 Å². The van der Waals surface area contributed by atoms with Gasteiger partial charge in [0, 0.05) is 13.1 Å². The average molecular weight is 172 g/mol. The highest BCUT2D eigenvalue weighted by Gasteiger charge is 2.21. The molecular formula is C9H20N2O. The standard InChI is InChI=1S/C9H20N2O/c1-8(12)6-11-5-3-9(7-11)2-4-10/h8-9,12H,2-7,10H2,1H3. The van der Waals surface area contributed by atoms with E-state index in [0.717, 1.165) is 38.5 Å². The van der Waals surface area contributed by atoms with E-state index in [-0.39, 0.29) is 6.10 Å². The Morgan fingerprint density at radius 2 is 2.42 bits per heavy atom. The van der Waals surface area contributed by atoms with Gasteiger partial charge < -0.3 is 15.7 Å². The maximum atomic E-state index is 9.16. The van der Waals surface area contributed by atoms with Gasteiger partial charge in [-0.25, -0.2) is 0 Å². The lowest BCUT2D eigenvalue weighted by Gasteiger charge is -2.17. The molecule has 1 rings (SSSR count). The van der Waals surface area contributed by atoms with Gasteiger partial charge in [0.05, 0.1) is 6.10 Å². The molecular weight excluding hydrogens is 152 g/mol. The molecule has 0 amide bonds. The molecule has 3 nitrogen and oxygen atoms in total. The summed E-state index contributed by atoms with van der Waals surface area (Å²) in [6, 6.07) is 0. The number of nitrogens with two attached hydrogens (primary N) is 1. The van der Waals surface area contributed by atoms with Gasteiger partial charge in [-0.2, -0.15) is 0 Å². The van der Waals surface area contributed by atoms with Gasteiger partial charge in [0.25, 0.3) is 0 Å². The molecule has 0 saturated carbocycles. The Hall–Kier alpha value is -0.120. The number of likely N-dealkylation sites (tertiary alicyclic amines) is 1. The Morgan fingerprint density at radius 1 is 1.67 bits per heavy atom. The van der Waals surface area contributed by atoms with Gasteiger partial charge in [-0.15, -0.1) is 0 Å². The van der Waals surface area contributed by atoms with Gasteiger partial charge in [0.15, 0.2) is 0 Å². The molecule has 1 saturated heterocycles. The molecule has 1 fully saturated rings. The highest BCUT2D eigenvalue weighted by Crippen LogP contribution is 2.18. The predicted octanol–water partition coefficient (Wildman–Crippen LogP) is 0.0379. The van der Waals surface area contributed by atoms with E-state index >= 15 is 0 Å². The summed E-state index contributed by atoms with van der Waals surface area (Å²) in [6.07, 6.45) is 2.20. The molecule has 1 heterocycles. The van der Waals surface area contributed by atoms with E-state index in [1.807, 2.05) is 6.92 Å². The first kappa shape index (κ1) is 9.96. The van der Waals surface area contributed by atoms with E-state index in [4.69, 9.17) is 10.8 Å². The van der Waals surface area contributed by atoms with Crippen LogP contribution in [0, 0.1) is 5.92 Å². The van der Waals surface area contributed by atoms with Crippen LogP contribution in [0.4, 0.5) is 0 Å². The fourth-order valence-corrected chi connectivity index (χ4v) is 1.92. The summed E-state index contributed by atoms with van der Waals surface area (Å²) in [5.41, 5.74) is 5.49. The maximum absolute atomic E-state index is 9.16. The zero-order valence-corrected chi connectivity index (χ0v) is 7.87. The Labute approximate surface area is 74.5 Å². The van der Waals surface area contributed by atoms with E-state index < -0.39 is 0 Å². The highest BCUT2D eigenvalue weighted by molar-refractivity contribution is 4.76. The molecule has 72 valence electrons. The smallest absolute Gasteiger partial charge is 0.0639 e. The van der Waals surface area contributed by atoms with Crippen LogP contribution < -0.4 is 5.73 Å². The Balaban J connectivity index is 2.16. The summed E-state index contributed by atoms with van der Waals surface area (Å²) < 4.78 is 0. The van der Waals surface area contributed by atoms with Crippen molar-refractivity contribution in [1.29, 1.82) is 0 Å². The van der Waals surface area contributed by atoms with Gasteiger partial charge in [-0.05, 0) is 38.8 Å². The lowest BCUT2D eigenvalue weighted by atomic mass is 10.1. The Bertz CT molecular complexity index is 128. The van der Waals surface area contributed by atoms with E-state index in [9.17, 15) is 0 Å². The minimum atomic E-state index is -0.193. The first-order valence-electron chi connectivity index (χ1n) is 4.83. The van der Waals surface area contributed by atoms with Crippen LogP contribution in [-0.2, 0) is 0 Å². The summed E-state index contributed by atoms with van der Waals surface area (Å²) >= 11 is 0. The van der Waals surface area contributed by atoms with Crippen LogP contribution in [0.2, 0.25) is 0 Å². The van der Waals surface area contributed by atoms with Gasteiger partial charge >= 0.3 is 0 Å². The summed E-state index contributed by atoms with van der Waals surface area (Å²) in [6.45, 7) is 5.72. The van der Waals surface area contributed by atoms with Crippen molar-refractivity contribution in [2.45, 2.75) is 25.9 Å². The van der Waals surface area contributed by atoms with Gasteiger partial charge in [0.1, 0.15) is 0 Å². The first-order valence-corrected chi connectivity index (χ1v) is 4.83. The minimum absolute atomic E-state index is 0.193. The molecule has 0 radical (unpaired) electrons. The van der Waals surface area contributed by atoms with Crippen molar-refractivity contribution < 1.29 is 5.11 Å². The lowest BCUT2D eigenvalue weighted by Crippen LogP contribution is -2.29. The molecule has 0 aromatic heterocycles. The fourth-order valence-electron chi connectivity index (χ4n) is 1.92. The number of nitrogens with zero attached hydrogens (tertiary/aromatic N) is 1. The Morgan fingerprint density at radius 3 is 3.00 bits per heavy atom. The van der Waals surface area contributed by atoms with Crippen molar-refractivity contribution in [2.75, 3.05) is 26.2 Å². The maximum Gasteiger partial charge on any atom is 0.0639 e. The van der Waals surface area contributed by atoms with Crippen LogP contribution in [0.3, 0.4) is 0 Å². The van der Waals surface area contributed by atoms with Crippen molar-refractivity contribution in [3.63, 3.8) is 0 Å². The van der Waals surface area contributed by atoms with Crippen molar-refractivity contribution in [2.24, 2.45) is 11.7 Å². The summed E-state index contributed by atoms with van der Waals surface area (Å²) in [5.74, 6) is 0.772. The Kier molecular flexibility index (Phi) is 3.98. The van der Waals surface area contributed by atoms with Crippen LogP contribution in [-0.4, -0.2) is 42.3 Å². The second kappa shape index (κ2) is 4.80. The molecule has 0 aromatic rings. The minimum Gasteiger partial charge on any atom is -0.392 e. The number of aliphatic hydroxyl groups excluding tert-OH is 1. The number of aliphatic hydroxyl groups is 1. The third kappa shape index (κ3) is 3.09. The predicted molar refractivity (Wildman–Crippen MR) is 49.9 cm³/mol. The molecule has 1 aliphatic heterocycles. The number of hydrogen-bond donors (Lipinski definition) is 2. The van der Waals surface area contributed by atoms with Crippen molar-refractivity contribution in [1.82, 2.24) is 4.90 Å². The second-order valence-corrected chi connectivity index (χ2v) is 3.84. The molecule has 0 aliphatic carbocycles. The largest absolute Gasteiger partial charge is 0.392 e. The highest BCUT2D eigenvalue weighted by atomic mass is 16.3. The molecule has 12 heavy (non-hydrogen) atoms. The third-order valence-electron chi connectivity index (χ3n) is 2.47. The molecule has 2 unspecified atom stereocenters. The summed E-state index contributed by atoms with van der Waals surface area (Å²) in [7, 11) is 0. The van der Waals surface area contributed by atoms with Gasteiger partial charge in [-0.3, -0.25) is 0 Å². The second-order valence-electron chi connectivity index (χ2n) is 3.84. The average Bonchev–Trinajstić information content (AvgIpc) is 2.36. The molecule has 3 N–H and O–H groups in total. The molecule has 0 spiro atoms. The van der Waals surface area contributed by atoms with Gasteiger partial charge in [0.2, 0.25) is 0 Å². The van der Waals surface area contributed by atoms with E-state index in [1.165, 1.54) is 6.42 Å². The fraction of sp³-hybridized carbons (Fsp3) is 1.00. The third-order valence-corrected chi connectivity index (χ3v) is 2.47. The van der Waals surface area contributed by atoms with E-state index in [2.05, 4.69) is 4.90 Å². The van der Waals surface area contributed by atoms with E-state index in [1.54, 1.807) is 0 Å². The zero-order valence-electron chi connectivity index (χ0n) is 7.87. The van der Waals surface area contributed by atoms with Crippen LogP contribution in [0.1, 0.15) is 19.8 Å². The molecule has 0 bridgehead atoms. The quantitative estimate of drug-likeness (QED) is 0.629. The number of β-amino-alcohol motifs (C(OH)–C–C–N with tert-alkyl or cyclic N) is 1.